The average molecular weight is 505 g/mol. The first-order valence-corrected chi connectivity index (χ1v) is 12.0. The Labute approximate surface area is 216 Å². The fraction of sp³-hybridized carbons (Fsp3) is 0.286. The van der Waals surface area contributed by atoms with Crippen molar-refractivity contribution >= 4 is 23.4 Å². The van der Waals surface area contributed by atoms with Gasteiger partial charge in [-0.2, -0.15) is 0 Å². The molecule has 194 valence electrons. The molecule has 1 heterocycles. The maximum atomic E-state index is 13.5. The van der Waals surface area contributed by atoms with Crippen LogP contribution in [0.25, 0.3) is 0 Å². The van der Waals surface area contributed by atoms with Crippen molar-refractivity contribution in [2.24, 2.45) is 0 Å². The summed E-state index contributed by atoms with van der Waals surface area (Å²) in [4.78, 5) is 27.9. The van der Waals surface area contributed by atoms with Gasteiger partial charge in [-0.05, 0) is 60.9 Å². The Kier molecular flexibility index (Phi) is 8.02. The standard InChI is InChI=1S/C28H32N4O5/c1-18-9-11-20(12-10-18)30-27(33)29-17-23-21-16-26(37-4)25(36-3)15-19(21)13-14-32(23)28(34)31-22-7-5-6-8-24(22)35-2/h5-12,15-16,23H,13-14,17H2,1-4H3,(H,31,34)(H2,29,30,33)/t23-/m0/s1. The summed E-state index contributed by atoms with van der Waals surface area (Å²) < 4.78 is 16.4. The molecule has 0 saturated heterocycles. The molecule has 1 aliphatic rings. The number of urea groups is 2. The van der Waals surface area contributed by atoms with Crippen LogP contribution in [0.4, 0.5) is 21.0 Å². The van der Waals surface area contributed by atoms with E-state index in [0.717, 1.165) is 16.7 Å². The van der Waals surface area contributed by atoms with Crippen molar-refractivity contribution in [1.82, 2.24) is 10.2 Å². The van der Waals surface area contributed by atoms with Crippen LogP contribution in [0.1, 0.15) is 22.7 Å². The summed E-state index contributed by atoms with van der Waals surface area (Å²) in [5, 5.41) is 8.72. The van der Waals surface area contributed by atoms with Crippen molar-refractivity contribution < 1.29 is 23.8 Å². The Morgan fingerprint density at radius 1 is 0.892 bits per heavy atom. The normalized spacial score (nSPS) is 14.3. The number of methoxy groups -OCH3 is 3. The lowest BCUT2D eigenvalue weighted by Gasteiger charge is -2.38. The maximum absolute atomic E-state index is 13.5. The van der Waals surface area contributed by atoms with Gasteiger partial charge in [0.25, 0.3) is 0 Å². The molecular weight excluding hydrogens is 472 g/mol. The summed E-state index contributed by atoms with van der Waals surface area (Å²) in [6.45, 7) is 2.63. The third-order valence-electron chi connectivity index (χ3n) is 6.38. The van der Waals surface area contributed by atoms with Crippen molar-refractivity contribution in [2.75, 3.05) is 45.1 Å². The summed E-state index contributed by atoms with van der Waals surface area (Å²) in [6, 6.07) is 17.5. The number of fused-ring (bicyclic) bond motifs is 1. The van der Waals surface area contributed by atoms with E-state index in [2.05, 4.69) is 16.0 Å². The predicted octanol–water partition coefficient (Wildman–Crippen LogP) is 4.97. The van der Waals surface area contributed by atoms with Crippen LogP contribution in [-0.2, 0) is 6.42 Å². The van der Waals surface area contributed by atoms with E-state index in [1.54, 1.807) is 38.4 Å². The number of aryl methyl sites for hydroxylation is 1. The summed E-state index contributed by atoms with van der Waals surface area (Å²) in [7, 11) is 4.72. The minimum atomic E-state index is -0.443. The summed E-state index contributed by atoms with van der Waals surface area (Å²) in [5.74, 6) is 1.74. The molecule has 3 aromatic rings. The zero-order valence-electron chi connectivity index (χ0n) is 21.5. The third-order valence-corrected chi connectivity index (χ3v) is 6.38. The fourth-order valence-corrected chi connectivity index (χ4v) is 4.43. The van der Waals surface area contributed by atoms with E-state index >= 15 is 0 Å². The smallest absolute Gasteiger partial charge is 0.322 e. The lowest BCUT2D eigenvalue weighted by molar-refractivity contribution is 0.180. The maximum Gasteiger partial charge on any atom is 0.322 e. The van der Waals surface area contributed by atoms with Gasteiger partial charge in [-0.1, -0.05) is 29.8 Å². The molecular formula is C28H32N4O5. The van der Waals surface area contributed by atoms with Gasteiger partial charge in [-0.25, -0.2) is 9.59 Å². The van der Waals surface area contributed by atoms with Crippen molar-refractivity contribution in [1.29, 1.82) is 0 Å². The highest BCUT2D eigenvalue weighted by Crippen LogP contribution is 2.38. The average Bonchev–Trinajstić information content (AvgIpc) is 2.92. The van der Waals surface area contributed by atoms with Gasteiger partial charge in [-0.3, -0.25) is 0 Å². The fourth-order valence-electron chi connectivity index (χ4n) is 4.43. The van der Waals surface area contributed by atoms with Gasteiger partial charge in [0, 0.05) is 18.8 Å². The summed E-state index contributed by atoms with van der Waals surface area (Å²) in [5.41, 5.74) is 4.27. The number of hydrogen-bond acceptors (Lipinski definition) is 5. The molecule has 0 aliphatic carbocycles. The second-order valence-electron chi connectivity index (χ2n) is 8.70. The molecule has 9 heteroatoms. The second kappa shape index (κ2) is 11.6. The highest BCUT2D eigenvalue weighted by atomic mass is 16.5. The number of hydrogen-bond donors (Lipinski definition) is 3. The quantitative estimate of drug-likeness (QED) is 0.422. The second-order valence-corrected chi connectivity index (χ2v) is 8.70. The lowest BCUT2D eigenvalue weighted by Crippen LogP contribution is -2.47. The van der Waals surface area contributed by atoms with Gasteiger partial charge in [-0.15, -0.1) is 0 Å². The largest absolute Gasteiger partial charge is 0.495 e. The molecule has 1 atom stereocenters. The molecule has 1 aliphatic heterocycles. The molecule has 37 heavy (non-hydrogen) atoms. The van der Waals surface area contributed by atoms with E-state index in [4.69, 9.17) is 14.2 Å². The Balaban J connectivity index is 1.59. The minimum Gasteiger partial charge on any atom is -0.495 e. The molecule has 4 rings (SSSR count). The van der Waals surface area contributed by atoms with Crippen LogP contribution in [0, 0.1) is 6.92 Å². The Bertz CT molecular complexity index is 1260. The molecule has 0 aromatic heterocycles. The molecule has 4 amide bonds. The van der Waals surface area contributed by atoms with Crippen LogP contribution in [0.3, 0.4) is 0 Å². The SMILES string of the molecule is COc1ccccc1NC(=O)N1CCc2cc(OC)c(OC)cc2[C@@H]1CNC(=O)Nc1ccc(C)cc1. The topological polar surface area (TPSA) is 101 Å². The number of nitrogens with zero attached hydrogens (tertiary/aromatic N) is 1. The molecule has 9 nitrogen and oxygen atoms in total. The molecule has 0 bridgehead atoms. The van der Waals surface area contributed by atoms with E-state index in [9.17, 15) is 9.59 Å². The number of anilines is 2. The first-order valence-electron chi connectivity index (χ1n) is 12.0. The number of ether oxygens (including phenoxy) is 3. The number of amides is 4. The third kappa shape index (κ3) is 5.88. The van der Waals surface area contributed by atoms with Crippen molar-refractivity contribution in [2.45, 2.75) is 19.4 Å². The van der Waals surface area contributed by atoms with E-state index < -0.39 is 6.04 Å². The van der Waals surface area contributed by atoms with Gasteiger partial charge in [0.2, 0.25) is 0 Å². The molecule has 3 aromatic carbocycles. The molecule has 0 saturated carbocycles. The first-order chi connectivity index (χ1) is 17.9. The summed E-state index contributed by atoms with van der Waals surface area (Å²) >= 11 is 0. The zero-order valence-corrected chi connectivity index (χ0v) is 21.5. The molecule has 3 N–H and O–H groups in total. The number of nitrogens with one attached hydrogen (secondary N) is 3. The molecule has 0 fully saturated rings. The van der Waals surface area contributed by atoms with E-state index in [1.165, 1.54) is 0 Å². The van der Waals surface area contributed by atoms with Gasteiger partial charge in [0.15, 0.2) is 11.5 Å². The Morgan fingerprint density at radius 2 is 1.57 bits per heavy atom. The Morgan fingerprint density at radius 3 is 2.27 bits per heavy atom. The predicted molar refractivity (Wildman–Crippen MR) is 143 cm³/mol. The van der Waals surface area contributed by atoms with E-state index in [-0.39, 0.29) is 18.6 Å². The zero-order chi connectivity index (χ0) is 26.4. The molecule has 0 radical (unpaired) electrons. The van der Waals surface area contributed by atoms with Gasteiger partial charge < -0.3 is 35.1 Å². The van der Waals surface area contributed by atoms with Gasteiger partial charge in [0.05, 0.1) is 33.1 Å². The van der Waals surface area contributed by atoms with Crippen molar-refractivity contribution in [3.05, 3.63) is 77.4 Å². The number of carbonyl (C=O) groups excluding carboxylic acids is 2. The summed E-state index contributed by atoms with van der Waals surface area (Å²) in [6.07, 6.45) is 0.626. The van der Waals surface area contributed by atoms with E-state index in [0.29, 0.717) is 41.6 Å². The Hall–Kier alpha value is -4.40. The van der Waals surface area contributed by atoms with Crippen LogP contribution < -0.4 is 30.2 Å². The van der Waals surface area contributed by atoms with Gasteiger partial charge >= 0.3 is 12.1 Å². The van der Waals surface area contributed by atoms with Crippen LogP contribution in [0.5, 0.6) is 17.2 Å². The van der Waals surface area contributed by atoms with Crippen LogP contribution in [0.15, 0.2) is 60.7 Å². The van der Waals surface area contributed by atoms with Crippen LogP contribution in [0.2, 0.25) is 0 Å². The lowest BCUT2D eigenvalue weighted by atomic mass is 9.92. The van der Waals surface area contributed by atoms with Crippen LogP contribution >= 0.6 is 0 Å². The molecule has 0 unspecified atom stereocenters. The van der Waals surface area contributed by atoms with Crippen LogP contribution in [-0.4, -0.2) is 51.4 Å². The minimum absolute atomic E-state index is 0.194. The number of benzene rings is 3. The monoisotopic (exact) mass is 504 g/mol. The van der Waals surface area contributed by atoms with E-state index in [1.807, 2.05) is 55.5 Å². The number of carbonyl (C=O) groups is 2. The van der Waals surface area contributed by atoms with Crippen molar-refractivity contribution in [3.8, 4) is 17.2 Å². The number of para-hydroxylation sites is 2. The highest BCUT2D eigenvalue weighted by molar-refractivity contribution is 5.92. The van der Waals surface area contributed by atoms with Gasteiger partial charge in [0.1, 0.15) is 5.75 Å². The molecule has 0 spiro atoms. The number of rotatable bonds is 7. The highest BCUT2D eigenvalue weighted by Gasteiger charge is 2.33. The van der Waals surface area contributed by atoms with Crippen molar-refractivity contribution in [3.63, 3.8) is 0 Å². The first kappa shape index (κ1) is 25.7.